The van der Waals surface area contributed by atoms with E-state index < -0.39 is 0 Å². The second-order valence-corrected chi connectivity index (χ2v) is 3.97. The minimum absolute atomic E-state index is 0.233. The first-order valence-electron chi connectivity index (χ1n) is 4.32. The number of hydrogen-bond acceptors (Lipinski definition) is 2. The molecule has 64 valence electrons. The van der Waals surface area contributed by atoms with Gasteiger partial charge in [0.05, 0.1) is 0 Å². The molecule has 2 heteroatoms. The Kier molecular flexibility index (Phi) is 2.11. The summed E-state index contributed by atoms with van der Waals surface area (Å²) in [6.45, 7) is 0. The van der Waals surface area contributed by atoms with Gasteiger partial charge < -0.3 is 5.73 Å². The Morgan fingerprint density at radius 2 is 2.17 bits per heavy atom. The summed E-state index contributed by atoms with van der Waals surface area (Å²) in [4.78, 5) is 1.00. The lowest BCUT2D eigenvalue weighted by atomic mass is 10.0. The first-order chi connectivity index (χ1) is 5.77. The van der Waals surface area contributed by atoms with Crippen molar-refractivity contribution < 1.29 is 0 Å². The van der Waals surface area contributed by atoms with Crippen molar-refractivity contribution in [2.24, 2.45) is 11.7 Å². The highest BCUT2D eigenvalue weighted by Gasteiger charge is 2.29. The lowest BCUT2D eigenvalue weighted by molar-refractivity contribution is 0.632. The quantitative estimate of drug-likeness (QED) is 0.670. The van der Waals surface area contributed by atoms with E-state index >= 15 is 0 Å². The van der Waals surface area contributed by atoms with Crippen LogP contribution in [0.5, 0.6) is 0 Å². The van der Waals surface area contributed by atoms with Crippen molar-refractivity contribution >= 4 is 12.6 Å². The number of rotatable bonds is 2. The second-order valence-electron chi connectivity index (χ2n) is 3.46. The molecule has 1 fully saturated rings. The van der Waals surface area contributed by atoms with Gasteiger partial charge in [-0.05, 0) is 36.5 Å². The average molecular weight is 179 g/mol. The van der Waals surface area contributed by atoms with Crippen molar-refractivity contribution in [2.75, 3.05) is 0 Å². The molecule has 1 unspecified atom stereocenters. The van der Waals surface area contributed by atoms with Crippen molar-refractivity contribution in [3.8, 4) is 0 Å². The van der Waals surface area contributed by atoms with Gasteiger partial charge in [-0.15, -0.1) is 12.6 Å². The van der Waals surface area contributed by atoms with Gasteiger partial charge in [0.1, 0.15) is 0 Å². The van der Waals surface area contributed by atoms with Crippen LogP contribution in [0.4, 0.5) is 0 Å². The van der Waals surface area contributed by atoms with E-state index in [4.69, 9.17) is 5.73 Å². The minimum Gasteiger partial charge on any atom is -0.324 e. The summed E-state index contributed by atoms with van der Waals surface area (Å²) in [7, 11) is 0. The molecule has 0 heterocycles. The maximum atomic E-state index is 6.04. The Labute approximate surface area is 78.4 Å². The monoisotopic (exact) mass is 179 g/mol. The molecule has 1 atom stereocenters. The smallest absolute Gasteiger partial charge is 0.0323 e. The molecular weight excluding hydrogens is 166 g/mol. The molecule has 2 rings (SSSR count). The maximum absolute atomic E-state index is 6.04. The van der Waals surface area contributed by atoms with Crippen molar-refractivity contribution in [1.82, 2.24) is 0 Å². The number of benzene rings is 1. The zero-order valence-corrected chi connectivity index (χ0v) is 7.80. The highest BCUT2D eigenvalue weighted by Crippen LogP contribution is 2.39. The van der Waals surface area contributed by atoms with Crippen LogP contribution in [0, 0.1) is 5.92 Å². The van der Waals surface area contributed by atoms with E-state index in [1.807, 2.05) is 12.1 Å². The summed E-state index contributed by atoms with van der Waals surface area (Å²) in [5.74, 6) is 0.722. The molecule has 1 aliphatic carbocycles. The Balaban J connectivity index is 2.20. The number of hydrogen-bond donors (Lipinski definition) is 2. The molecule has 0 spiro atoms. The molecule has 12 heavy (non-hydrogen) atoms. The molecular formula is C10H13NS. The van der Waals surface area contributed by atoms with Crippen LogP contribution in [0.2, 0.25) is 0 Å². The van der Waals surface area contributed by atoms with E-state index in [-0.39, 0.29) is 6.04 Å². The predicted octanol–water partition coefficient (Wildman–Crippen LogP) is 2.39. The molecule has 1 aromatic carbocycles. The maximum Gasteiger partial charge on any atom is 0.0323 e. The van der Waals surface area contributed by atoms with Crippen LogP contribution in [-0.4, -0.2) is 0 Å². The Morgan fingerprint density at radius 1 is 1.42 bits per heavy atom. The lowest BCUT2D eigenvalue weighted by Crippen LogP contribution is -2.11. The number of thiol groups is 1. The van der Waals surface area contributed by atoms with Gasteiger partial charge in [-0.25, -0.2) is 0 Å². The standard InChI is InChI=1S/C10H13NS/c11-10(7-4-5-7)8-2-1-3-9(12)6-8/h1-3,6-7,10,12H,4-5,11H2. The minimum atomic E-state index is 0.233. The third-order valence-electron chi connectivity index (χ3n) is 2.38. The van der Waals surface area contributed by atoms with Gasteiger partial charge in [0, 0.05) is 10.9 Å². The third kappa shape index (κ3) is 1.65. The summed E-state index contributed by atoms with van der Waals surface area (Å²) in [5, 5.41) is 0. The SMILES string of the molecule is NC(c1cccc(S)c1)C1CC1. The second kappa shape index (κ2) is 3.11. The fourth-order valence-corrected chi connectivity index (χ4v) is 1.69. The average Bonchev–Trinajstić information content (AvgIpc) is 2.85. The highest BCUT2D eigenvalue weighted by atomic mass is 32.1. The Hall–Kier alpha value is -0.470. The van der Waals surface area contributed by atoms with Gasteiger partial charge in [-0.1, -0.05) is 12.1 Å². The summed E-state index contributed by atoms with van der Waals surface area (Å²) in [6.07, 6.45) is 2.58. The first kappa shape index (κ1) is 8.14. The van der Waals surface area contributed by atoms with Crippen LogP contribution in [-0.2, 0) is 0 Å². The van der Waals surface area contributed by atoms with Crippen molar-refractivity contribution in [2.45, 2.75) is 23.8 Å². The van der Waals surface area contributed by atoms with Gasteiger partial charge >= 0.3 is 0 Å². The van der Waals surface area contributed by atoms with E-state index in [1.54, 1.807) is 0 Å². The van der Waals surface area contributed by atoms with Crippen LogP contribution in [0.15, 0.2) is 29.2 Å². The van der Waals surface area contributed by atoms with Crippen LogP contribution in [0.1, 0.15) is 24.4 Å². The molecule has 0 amide bonds. The zero-order chi connectivity index (χ0) is 8.55. The molecule has 0 saturated heterocycles. The first-order valence-corrected chi connectivity index (χ1v) is 4.76. The topological polar surface area (TPSA) is 26.0 Å². The lowest BCUT2D eigenvalue weighted by Gasteiger charge is -2.10. The van der Waals surface area contributed by atoms with Gasteiger partial charge in [0.25, 0.3) is 0 Å². The molecule has 0 aromatic heterocycles. The molecule has 1 saturated carbocycles. The summed E-state index contributed by atoms with van der Waals surface area (Å²) >= 11 is 4.28. The van der Waals surface area contributed by atoms with Crippen LogP contribution < -0.4 is 5.73 Å². The molecule has 2 N–H and O–H groups in total. The molecule has 0 aliphatic heterocycles. The van der Waals surface area contributed by atoms with Crippen molar-refractivity contribution in [1.29, 1.82) is 0 Å². The summed E-state index contributed by atoms with van der Waals surface area (Å²) in [6, 6.07) is 8.37. The summed E-state index contributed by atoms with van der Waals surface area (Å²) in [5.41, 5.74) is 7.26. The predicted molar refractivity (Wildman–Crippen MR) is 53.3 cm³/mol. The Bertz CT molecular complexity index is 281. The third-order valence-corrected chi connectivity index (χ3v) is 2.66. The van der Waals surface area contributed by atoms with E-state index in [0.717, 1.165) is 10.8 Å². The van der Waals surface area contributed by atoms with Crippen LogP contribution in [0.25, 0.3) is 0 Å². The highest BCUT2D eigenvalue weighted by molar-refractivity contribution is 7.80. The Morgan fingerprint density at radius 3 is 2.75 bits per heavy atom. The van der Waals surface area contributed by atoms with Gasteiger partial charge in [-0.2, -0.15) is 0 Å². The van der Waals surface area contributed by atoms with Gasteiger partial charge in [0.2, 0.25) is 0 Å². The van der Waals surface area contributed by atoms with Crippen molar-refractivity contribution in [3.05, 3.63) is 29.8 Å². The summed E-state index contributed by atoms with van der Waals surface area (Å²) < 4.78 is 0. The fourth-order valence-electron chi connectivity index (χ4n) is 1.46. The molecule has 1 aliphatic rings. The molecule has 1 aromatic rings. The molecule has 0 bridgehead atoms. The van der Waals surface area contributed by atoms with E-state index in [1.165, 1.54) is 18.4 Å². The normalized spacial score (nSPS) is 19.2. The van der Waals surface area contributed by atoms with E-state index in [2.05, 4.69) is 24.8 Å². The van der Waals surface area contributed by atoms with Gasteiger partial charge in [0.15, 0.2) is 0 Å². The van der Waals surface area contributed by atoms with E-state index in [9.17, 15) is 0 Å². The largest absolute Gasteiger partial charge is 0.324 e. The zero-order valence-electron chi connectivity index (χ0n) is 6.90. The van der Waals surface area contributed by atoms with Crippen LogP contribution in [0.3, 0.4) is 0 Å². The fraction of sp³-hybridized carbons (Fsp3) is 0.400. The molecule has 1 nitrogen and oxygen atoms in total. The van der Waals surface area contributed by atoms with Crippen LogP contribution >= 0.6 is 12.6 Å². The van der Waals surface area contributed by atoms with Crippen molar-refractivity contribution in [3.63, 3.8) is 0 Å². The molecule has 0 radical (unpaired) electrons. The van der Waals surface area contributed by atoms with Gasteiger partial charge in [-0.3, -0.25) is 0 Å². The number of nitrogens with two attached hydrogens (primary N) is 1. The van der Waals surface area contributed by atoms with E-state index in [0.29, 0.717) is 0 Å².